The number of sulfonamides is 1. The van der Waals surface area contributed by atoms with E-state index in [9.17, 15) is 13.2 Å². The van der Waals surface area contributed by atoms with E-state index in [1.165, 1.54) is 4.31 Å². The minimum absolute atomic E-state index is 0. The van der Waals surface area contributed by atoms with Crippen molar-refractivity contribution in [2.24, 2.45) is 11.7 Å². The van der Waals surface area contributed by atoms with Crippen molar-refractivity contribution in [3.8, 4) is 0 Å². The molecule has 0 atom stereocenters. The van der Waals surface area contributed by atoms with Crippen LogP contribution in [0.2, 0.25) is 0 Å². The van der Waals surface area contributed by atoms with E-state index in [2.05, 4.69) is 0 Å². The van der Waals surface area contributed by atoms with Gasteiger partial charge in [-0.05, 0) is 18.4 Å². The first-order valence-corrected chi connectivity index (χ1v) is 7.91. The second kappa shape index (κ2) is 7.06. The van der Waals surface area contributed by atoms with Crippen molar-refractivity contribution in [1.29, 1.82) is 0 Å². The summed E-state index contributed by atoms with van der Waals surface area (Å²) in [6, 6.07) is 9.10. The Labute approximate surface area is 125 Å². The highest BCUT2D eigenvalue weighted by Gasteiger charge is 2.30. The topological polar surface area (TPSA) is 80.5 Å². The molecule has 20 heavy (non-hydrogen) atoms. The van der Waals surface area contributed by atoms with Crippen LogP contribution >= 0.6 is 12.4 Å². The Morgan fingerprint density at radius 3 is 2.25 bits per heavy atom. The molecule has 0 bridgehead atoms. The molecule has 1 saturated heterocycles. The van der Waals surface area contributed by atoms with Crippen molar-refractivity contribution < 1.29 is 13.2 Å². The Balaban J connectivity index is 0.00000200. The van der Waals surface area contributed by atoms with E-state index < -0.39 is 10.0 Å². The second-order valence-electron chi connectivity index (χ2n) is 4.82. The van der Waals surface area contributed by atoms with Crippen LogP contribution in [0.3, 0.4) is 0 Å². The van der Waals surface area contributed by atoms with Gasteiger partial charge >= 0.3 is 0 Å². The molecule has 7 heteroatoms. The van der Waals surface area contributed by atoms with Crippen LogP contribution in [0, 0.1) is 5.92 Å². The van der Waals surface area contributed by atoms with Gasteiger partial charge in [0.25, 0.3) is 0 Å². The number of nitrogens with two attached hydrogens (primary N) is 1. The minimum atomic E-state index is -3.30. The van der Waals surface area contributed by atoms with Crippen LogP contribution in [0.15, 0.2) is 30.3 Å². The number of rotatable bonds is 4. The first-order valence-electron chi connectivity index (χ1n) is 6.30. The predicted molar refractivity (Wildman–Crippen MR) is 79.8 cm³/mol. The molecule has 2 N–H and O–H groups in total. The lowest BCUT2D eigenvalue weighted by molar-refractivity contribution is -0.122. The standard InChI is InChI=1S/C13H18N2O3S.ClH/c14-13(16)12-6-8-15(9-7-12)19(17,18)10-11-4-2-1-3-5-11;/h1-5,12H,6-10H2,(H2,14,16);1H. The molecule has 1 aromatic carbocycles. The van der Waals surface area contributed by atoms with Crippen LogP contribution in [0.4, 0.5) is 0 Å². The first-order chi connectivity index (χ1) is 8.99. The number of amides is 1. The van der Waals surface area contributed by atoms with Crippen molar-refractivity contribution >= 4 is 28.3 Å². The Morgan fingerprint density at radius 1 is 1.20 bits per heavy atom. The number of hydrogen-bond donors (Lipinski definition) is 1. The summed E-state index contributed by atoms with van der Waals surface area (Å²) in [4.78, 5) is 11.1. The smallest absolute Gasteiger partial charge is 0.220 e. The Morgan fingerprint density at radius 2 is 1.75 bits per heavy atom. The van der Waals surface area contributed by atoms with Gasteiger partial charge in [0.2, 0.25) is 15.9 Å². The van der Waals surface area contributed by atoms with Crippen LogP contribution < -0.4 is 5.73 Å². The van der Waals surface area contributed by atoms with Gasteiger partial charge in [0.1, 0.15) is 0 Å². The van der Waals surface area contributed by atoms with Crippen molar-refractivity contribution in [3.05, 3.63) is 35.9 Å². The summed E-state index contributed by atoms with van der Waals surface area (Å²) in [5.41, 5.74) is 6.02. The lowest BCUT2D eigenvalue weighted by Gasteiger charge is -2.29. The maximum Gasteiger partial charge on any atom is 0.220 e. The third-order valence-electron chi connectivity index (χ3n) is 3.44. The van der Waals surface area contributed by atoms with Crippen LogP contribution in [0.5, 0.6) is 0 Å². The lowest BCUT2D eigenvalue weighted by atomic mass is 9.98. The molecule has 0 unspecified atom stereocenters. The van der Waals surface area contributed by atoms with Gasteiger partial charge in [-0.25, -0.2) is 12.7 Å². The Kier molecular flexibility index (Phi) is 5.98. The normalized spacial score (nSPS) is 17.4. The molecule has 112 valence electrons. The zero-order chi connectivity index (χ0) is 13.9. The number of halogens is 1. The van der Waals surface area contributed by atoms with E-state index in [1.54, 1.807) is 12.1 Å². The zero-order valence-corrected chi connectivity index (χ0v) is 12.7. The van der Waals surface area contributed by atoms with E-state index in [0.717, 1.165) is 5.56 Å². The number of piperidine rings is 1. The summed E-state index contributed by atoms with van der Waals surface area (Å²) in [5, 5.41) is 0. The van der Waals surface area contributed by atoms with Gasteiger partial charge in [-0.15, -0.1) is 12.4 Å². The molecule has 0 spiro atoms. The molecule has 2 rings (SSSR count). The van der Waals surface area contributed by atoms with E-state index in [0.29, 0.717) is 25.9 Å². The molecule has 0 aliphatic carbocycles. The molecular formula is C13H19ClN2O3S. The number of primary amides is 1. The number of carbonyl (C=O) groups excluding carboxylic acids is 1. The number of carbonyl (C=O) groups is 1. The van der Waals surface area contributed by atoms with Crippen molar-refractivity contribution in [1.82, 2.24) is 4.31 Å². The zero-order valence-electron chi connectivity index (χ0n) is 11.1. The summed E-state index contributed by atoms with van der Waals surface area (Å²) in [6.45, 7) is 0.756. The van der Waals surface area contributed by atoms with E-state index in [4.69, 9.17) is 5.73 Å². The van der Waals surface area contributed by atoms with Gasteiger partial charge in [0.15, 0.2) is 0 Å². The monoisotopic (exact) mass is 318 g/mol. The average Bonchev–Trinajstić information content (AvgIpc) is 2.39. The molecule has 0 saturated carbocycles. The fraction of sp³-hybridized carbons (Fsp3) is 0.462. The molecule has 1 amide bonds. The van der Waals surface area contributed by atoms with Crippen LogP contribution in [0.25, 0.3) is 0 Å². The van der Waals surface area contributed by atoms with Crippen molar-refractivity contribution in [2.75, 3.05) is 13.1 Å². The van der Waals surface area contributed by atoms with Gasteiger partial charge in [-0.2, -0.15) is 0 Å². The highest BCUT2D eigenvalue weighted by Crippen LogP contribution is 2.21. The number of nitrogens with zero attached hydrogens (tertiary/aromatic N) is 1. The van der Waals surface area contributed by atoms with E-state index in [1.807, 2.05) is 18.2 Å². The first kappa shape index (κ1) is 16.9. The minimum Gasteiger partial charge on any atom is -0.369 e. The molecular weight excluding hydrogens is 300 g/mol. The summed E-state index contributed by atoms with van der Waals surface area (Å²) in [7, 11) is -3.30. The quantitative estimate of drug-likeness (QED) is 0.903. The van der Waals surface area contributed by atoms with Gasteiger partial charge in [0, 0.05) is 19.0 Å². The second-order valence-corrected chi connectivity index (χ2v) is 6.79. The maximum atomic E-state index is 12.2. The summed E-state index contributed by atoms with van der Waals surface area (Å²) in [6.07, 6.45) is 1.03. The van der Waals surface area contributed by atoms with Crippen molar-refractivity contribution in [3.63, 3.8) is 0 Å². The molecule has 1 heterocycles. The van der Waals surface area contributed by atoms with Crippen LogP contribution in [-0.4, -0.2) is 31.7 Å². The molecule has 1 fully saturated rings. The fourth-order valence-electron chi connectivity index (χ4n) is 2.29. The SMILES string of the molecule is Cl.NC(=O)C1CCN(S(=O)(=O)Cc2ccccc2)CC1. The number of benzene rings is 1. The van der Waals surface area contributed by atoms with Gasteiger partial charge < -0.3 is 5.73 Å². The van der Waals surface area contributed by atoms with Gasteiger partial charge in [-0.1, -0.05) is 30.3 Å². The maximum absolute atomic E-state index is 12.2. The number of hydrogen-bond acceptors (Lipinski definition) is 3. The Bertz CT molecular complexity index is 540. The summed E-state index contributed by atoms with van der Waals surface area (Å²) in [5.74, 6) is -0.516. The molecule has 1 aromatic rings. The van der Waals surface area contributed by atoms with E-state index >= 15 is 0 Å². The Hall–Kier alpha value is -1.11. The van der Waals surface area contributed by atoms with Crippen LogP contribution in [0.1, 0.15) is 18.4 Å². The van der Waals surface area contributed by atoms with Gasteiger partial charge in [-0.3, -0.25) is 4.79 Å². The molecule has 0 aromatic heterocycles. The highest BCUT2D eigenvalue weighted by atomic mass is 35.5. The lowest BCUT2D eigenvalue weighted by Crippen LogP contribution is -2.42. The summed E-state index contributed by atoms with van der Waals surface area (Å²) >= 11 is 0. The largest absolute Gasteiger partial charge is 0.369 e. The average molecular weight is 319 g/mol. The van der Waals surface area contributed by atoms with Crippen molar-refractivity contribution in [2.45, 2.75) is 18.6 Å². The molecule has 5 nitrogen and oxygen atoms in total. The third-order valence-corrected chi connectivity index (χ3v) is 5.29. The molecule has 1 aliphatic heterocycles. The molecule has 1 aliphatic rings. The molecule has 0 radical (unpaired) electrons. The highest BCUT2D eigenvalue weighted by molar-refractivity contribution is 7.88. The van der Waals surface area contributed by atoms with Gasteiger partial charge in [0.05, 0.1) is 5.75 Å². The third kappa shape index (κ3) is 4.19. The fourth-order valence-corrected chi connectivity index (χ4v) is 3.86. The predicted octanol–water partition coefficient (Wildman–Crippen LogP) is 1.14. The van der Waals surface area contributed by atoms with Crippen LogP contribution in [-0.2, 0) is 20.6 Å². The van der Waals surface area contributed by atoms with E-state index in [-0.39, 0.29) is 30.0 Å². The summed E-state index contributed by atoms with van der Waals surface area (Å²) < 4.78 is 25.9.